The Morgan fingerprint density at radius 1 is 1.17 bits per heavy atom. The van der Waals surface area contributed by atoms with E-state index in [0.717, 1.165) is 21.3 Å². The molecule has 0 unspecified atom stereocenters. The van der Waals surface area contributed by atoms with E-state index in [-0.39, 0.29) is 0 Å². The fraction of sp³-hybridized carbons (Fsp3) is 0.188. The maximum Gasteiger partial charge on any atom is 0.188 e. The molecule has 3 aromatic rings. The molecular weight excluding hydrogens is 344 g/mol. The van der Waals surface area contributed by atoms with Crippen LogP contribution in [-0.2, 0) is 6.54 Å². The van der Waals surface area contributed by atoms with Gasteiger partial charge in [-0.15, -0.1) is 11.3 Å². The van der Waals surface area contributed by atoms with Gasteiger partial charge in [0, 0.05) is 16.4 Å². The van der Waals surface area contributed by atoms with Gasteiger partial charge in [0.1, 0.15) is 12.0 Å². The predicted molar refractivity (Wildman–Crippen MR) is 100 cm³/mol. The van der Waals surface area contributed by atoms with E-state index in [1.54, 1.807) is 11.3 Å². The Bertz CT molecular complexity index is 844. The van der Waals surface area contributed by atoms with Gasteiger partial charge in [-0.2, -0.15) is 0 Å². The van der Waals surface area contributed by atoms with Gasteiger partial charge < -0.3 is 16.4 Å². The number of hydrogen-bond acceptors (Lipinski definition) is 7. The van der Waals surface area contributed by atoms with E-state index in [2.05, 4.69) is 25.6 Å². The molecule has 3 rings (SSSR count). The smallest absolute Gasteiger partial charge is 0.188 e. The molecule has 0 saturated heterocycles. The zero-order chi connectivity index (χ0) is 17.1. The van der Waals surface area contributed by atoms with Crippen LogP contribution >= 0.6 is 22.9 Å². The fourth-order valence-corrected chi connectivity index (χ4v) is 3.10. The number of hydrogen-bond donors (Lipinski definition) is 3. The number of nitrogen functional groups attached to an aromatic ring is 1. The van der Waals surface area contributed by atoms with Crippen molar-refractivity contribution in [2.24, 2.45) is 0 Å². The average molecular weight is 361 g/mol. The van der Waals surface area contributed by atoms with Gasteiger partial charge in [0.2, 0.25) is 0 Å². The summed E-state index contributed by atoms with van der Waals surface area (Å²) < 4.78 is 0. The lowest BCUT2D eigenvalue weighted by Crippen LogP contribution is -2.08. The first-order valence-electron chi connectivity index (χ1n) is 7.33. The van der Waals surface area contributed by atoms with E-state index in [0.29, 0.717) is 28.9 Å². The molecule has 0 atom stereocenters. The van der Waals surface area contributed by atoms with Crippen molar-refractivity contribution in [3.05, 3.63) is 51.7 Å². The van der Waals surface area contributed by atoms with Crippen molar-refractivity contribution in [2.45, 2.75) is 20.4 Å². The molecule has 1 aromatic carbocycles. The summed E-state index contributed by atoms with van der Waals surface area (Å²) >= 11 is 7.72. The number of nitrogens with zero attached hydrogens (tertiary/aromatic N) is 3. The second-order valence-corrected chi connectivity index (χ2v) is 6.83. The highest BCUT2D eigenvalue weighted by atomic mass is 35.5. The van der Waals surface area contributed by atoms with Crippen molar-refractivity contribution in [1.82, 2.24) is 15.0 Å². The molecule has 0 aliphatic carbocycles. The third-order valence-corrected chi connectivity index (χ3v) is 4.90. The lowest BCUT2D eigenvalue weighted by molar-refractivity contribution is 1.08. The first-order valence-corrected chi connectivity index (χ1v) is 8.53. The average Bonchev–Trinajstić information content (AvgIpc) is 2.87. The molecule has 2 aromatic heterocycles. The van der Waals surface area contributed by atoms with Crippen LogP contribution in [0.1, 0.15) is 16.1 Å². The minimum absolute atomic E-state index is 0.440. The molecule has 0 amide bonds. The summed E-state index contributed by atoms with van der Waals surface area (Å²) in [5.74, 6) is 1.08. The lowest BCUT2D eigenvalue weighted by atomic mass is 10.2. The minimum atomic E-state index is 0.440. The first kappa shape index (κ1) is 16.5. The van der Waals surface area contributed by atoms with E-state index in [1.165, 1.54) is 6.33 Å². The summed E-state index contributed by atoms with van der Waals surface area (Å²) in [6, 6.07) is 7.63. The van der Waals surface area contributed by atoms with Gasteiger partial charge in [-0.05, 0) is 25.5 Å². The van der Waals surface area contributed by atoms with Crippen LogP contribution in [0.2, 0.25) is 5.02 Å². The van der Waals surface area contributed by atoms with Crippen LogP contribution < -0.4 is 16.4 Å². The van der Waals surface area contributed by atoms with Crippen LogP contribution in [0.3, 0.4) is 0 Å². The van der Waals surface area contributed by atoms with E-state index < -0.39 is 0 Å². The molecule has 0 radical (unpaired) electrons. The summed E-state index contributed by atoms with van der Waals surface area (Å²) in [6.07, 6.45) is 1.46. The van der Waals surface area contributed by atoms with Crippen molar-refractivity contribution in [1.29, 1.82) is 0 Å². The van der Waals surface area contributed by atoms with E-state index >= 15 is 0 Å². The summed E-state index contributed by atoms with van der Waals surface area (Å²) in [6.45, 7) is 4.52. The molecule has 0 saturated carbocycles. The van der Waals surface area contributed by atoms with Crippen LogP contribution in [0.15, 0.2) is 30.6 Å². The molecule has 0 bridgehead atoms. The molecule has 6 nitrogen and oxygen atoms in total. The highest BCUT2D eigenvalue weighted by molar-refractivity contribution is 7.15. The zero-order valence-corrected chi connectivity index (χ0v) is 14.9. The van der Waals surface area contributed by atoms with Gasteiger partial charge in [-0.3, -0.25) is 0 Å². The molecule has 2 heterocycles. The number of aryl methyl sites for hydroxylation is 2. The number of halogens is 1. The van der Waals surface area contributed by atoms with Crippen LogP contribution in [0.25, 0.3) is 0 Å². The standard InChI is InChI=1S/C16H17ClN6S/c1-9-10(2)24-16(22-9)23-15-13(18)14(20-8-21-15)19-7-11-5-3-4-6-12(11)17/h3-6,8H,7,18H2,1-2H3,(H2,19,20,21,22,23). The number of aromatic nitrogens is 3. The molecule has 0 aliphatic rings. The highest BCUT2D eigenvalue weighted by Crippen LogP contribution is 2.29. The van der Waals surface area contributed by atoms with Crippen molar-refractivity contribution in [3.8, 4) is 0 Å². The second kappa shape index (κ2) is 7.02. The SMILES string of the molecule is Cc1nc(Nc2ncnc(NCc3ccccc3Cl)c2N)sc1C. The summed E-state index contributed by atoms with van der Waals surface area (Å²) in [7, 11) is 0. The number of thiazole rings is 1. The maximum absolute atomic E-state index is 6.17. The third-order valence-electron chi connectivity index (χ3n) is 3.54. The van der Waals surface area contributed by atoms with Gasteiger partial charge >= 0.3 is 0 Å². The quantitative estimate of drug-likeness (QED) is 0.633. The molecule has 4 N–H and O–H groups in total. The van der Waals surface area contributed by atoms with Gasteiger partial charge in [-0.1, -0.05) is 29.8 Å². The van der Waals surface area contributed by atoms with Crippen molar-refractivity contribution < 1.29 is 0 Å². The summed E-state index contributed by atoms with van der Waals surface area (Å²) in [4.78, 5) is 14.0. The zero-order valence-electron chi connectivity index (χ0n) is 13.3. The Labute approximate surface area is 149 Å². The number of anilines is 4. The Hall–Kier alpha value is -2.38. The molecule has 24 heavy (non-hydrogen) atoms. The first-order chi connectivity index (χ1) is 11.5. The third kappa shape index (κ3) is 3.58. The van der Waals surface area contributed by atoms with Crippen LogP contribution in [0, 0.1) is 13.8 Å². The Kier molecular flexibility index (Phi) is 4.82. The number of nitrogens with two attached hydrogens (primary N) is 1. The van der Waals surface area contributed by atoms with Crippen molar-refractivity contribution in [2.75, 3.05) is 16.4 Å². The second-order valence-electron chi connectivity index (χ2n) is 5.22. The molecule has 0 fully saturated rings. The number of rotatable bonds is 5. The van der Waals surface area contributed by atoms with Gasteiger partial charge in [0.25, 0.3) is 0 Å². The van der Waals surface area contributed by atoms with E-state index in [1.807, 2.05) is 38.1 Å². The summed E-state index contributed by atoms with van der Waals surface area (Å²) in [5, 5.41) is 7.80. The molecule has 0 aliphatic heterocycles. The van der Waals surface area contributed by atoms with E-state index in [9.17, 15) is 0 Å². The predicted octanol–water partition coefficient (Wildman–Crippen LogP) is 4.14. The van der Waals surface area contributed by atoms with E-state index in [4.69, 9.17) is 17.3 Å². The Morgan fingerprint density at radius 2 is 1.92 bits per heavy atom. The molecule has 0 spiro atoms. The van der Waals surface area contributed by atoms with Gasteiger partial charge in [-0.25, -0.2) is 15.0 Å². The maximum atomic E-state index is 6.17. The fourth-order valence-electron chi connectivity index (χ4n) is 2.08. The van der Waals surface area contributed by atoms with Crippen LogP contribution in [-0.4, -0.2) is 15.0 Å². The van der Waals surface area contributed by atoms with Gasteiger partial charge in [0.05, 0.1) is 5.69 Å². The van der Waals surface area contributed by atoms with Crippen molar-refractivity contribution in [3.63, 3.8) is 0 Å². The lowest BCUT2D eigenvalue weighted by Gasteiger charge is -2.12. The van der Waals surface area contributed by atoms with Crippen LogP contribution in [0.5, 0.6) is 0 Å². The monoisotopic (exact) mass is 360 g/mol. The highest BCUT2D eigenvalue weighted by Gasteiger charge is 2.11. The number of benzene rings is 1. The molecular formula is C16H17ClN6S. The Balaban J connectivity index is 1.77. The minimum Gasteiger partial charge on any atom is -0.393 e. The largest absolute Gasteiger partial charge is 0.393 e. The topological polar surface area (TPSA) is 88.8 Å². The molecule has 8 heteroatoms. The normalized spacial score (nSPS) is 10.6. The molecule has 124 valence electrons. The summed E-state index contributed by atoms with van der Waals surface area (Å²) in [5.41, 5.74) is 8.57. The van der Waals surface area contributed by atoms with Gasteiger partial charge in [0.15, 0.2) is 16.8 Å². The van der Waals surface area contributed by atoms with Crippen molar-refractivity contribution >= 4 is 45.4 Å². The number of nitrogens with one attached hydrogen (secondary N) is 2. The Morgan fingerprint density at radius 3 is 2.62 bits per heavy atom. The van der Waals surface area contributed by atoms with Crippen LogP contribution in [0.4, 0.5) is 22.5 Å².